The summed E-state index contributed by atoms with van der Waals surface area (Å²) in [5, 5.41) is 12.4. The zero-order valence-electron chi connectivity index (χ0n) is 10.2. The van der Waals surface area contributed by atoms with Crippen LogP contribution in [0.15, 0.2) is 18.2 Å². The summed E-state index contributed by atoms with van der Waals surface area (Å²) in [6.45, 7) is 1.08. The third-order valence-corrected chi connectivity index (χ3v) is 3.47. The molecule has 18 heavy (non-hydrogen) atoms. The van der Waals surface area contributed by atoms with Gasteiger partial charge < -0.3 is 15.2 Å². The molecule has 1 aliphatic heterocycles. The minimum absolute atomic E-state index is 0.274. The largest absolute Gasteiger partial charge is 0.496 e. The monoisotopic (exact) mass is 253 g/mol. The smallest absolute Gasteiger partial charge is 0.311 e. The molecule has 0 aliphatic carbocycles. The van der Waals surface area contributed by atoms with E-state index in [0.29, 0.717) is 30.8 Å². The summed E-state index contributed by atoms with van der Waals surface area (Å²) >= 11 is 0. The Hall–Kier alpha value is -1.62. The molecule has 1 atom stereocenters. The van der Waals surface area contributed by atoms with Crippen LogP contribution in [-0.4, -0.2) is 31.3 Å². The summed E-state index contributed by atoms with van der Waals surface area (Å²) in [6.07, 6.45) is 0.818. The lowest BCUT2D eigenvalue weighted by Gasteiger charge is -2.24. The Morgan fingerprint density at radius 2 is 2.39 bits per heavy atom. The molecule has 0 bridgehead atoms. The number of carboxylic acids is 1. The van der Waals surface area contributed by atoms with E-state index in [1.54, 1.807) is 0 Å². The van der Waals surface area contributed by atoms with E-state index in [1.807, 2.05) is 0 Å². The van der Waals surface area contributed by atoms with Gasteiger partial charge in [0, 0.05) is 6.54 Å². The second-order valence-corrected chi connectivity index (χ2v) is 4.65. The van der Waals surface area contributed by atoms with Gasteiger partial charge in [-0.2, -0.15) is 0 Å². The topological polar surface area (TPSA) is 58.6 Å². The van der Waals surface area contributed by atoms with Crippen LogP contribution in [0.2, 0.25) is 0 Å². The van der Waals surface area contributed by atoms with E-state index in [9.17, 15) is 14.3 Å². The Kier molecular flexibility index (Phi) is 3.52. The highest BCUT2D eigenvalue weighted by Gasteiger charge is 2.42. The molecule has 2 rings (SSSR count). The molecule has 0 saturated carbocycles. The number of nitrogens with one attached hydrogen (secondary N) is 1. The Balaban J connectivity index is 2.32. The summed E-state index contributed by atoms with van der Waals surface area (Å²) < 4.78 is 18.4. The van der Waals surface area contributed by atoms with Gasteiger partial charge in [0.25, 0.3) is 0 Å². The summed E-state index contributed by atoms with van der Waals surface area (Å²) in [6, 6.07) is 4.19. The second-order valence-electron chi connectivity index (χ2n) is 4.65. The van der Waals surface area contributed by atoms with Gasteiger partial charge in [-0.05, 0) is 43.1 Å². The van der Waals surface area contributed by atoms with Crippen molar-refractivity contribution >= 4 is 5.97 Å². The van der Waals surface area contributed by atoms with Crippen molar-refractivity contribution in [3.8, 4) is 5.75 Å². The molecule has 1 fully saturated rings. The molecule has 5 heteroatoms. The van der Waals surface area contributed by atoms with Crippen LogP contribution in [0.25, 0.3) is 0 Å². The number of halogens is 1. The first-order chi connectivity index (χ1) is 8.57. The number of rotatable bonds is 4. The minimum Gasteiger partial charge on any atom is -0.496 e. The molecule has 1 heterocycles. The van der Waals surface area contributed by atoms with Gasteiger partial charge in [0.05, 0.1) is 12.5 Å². The highest BCUT2D eigenvalue weighted by molar-refractivity contribution is 5.76. The van der Waals surface area contributed by atoms with E-state index >= 15 is 0 Å². The number of ether oxygens (including phenoxy) is 1. The zero-order valence-corrected chi connectivity index (χ0v) is 10.2. The van der Waals surface area contributed by atoms with Crippen LogP contribution >= 0.6 is 0 Å². The highest BCUT2D eigenvalue weighted by atomic mass is 19.1. The predicted molar refractivity (Wildman–Crippen MR) is 64.2 cm³/mol. The lowest BCUT2D eigenvalue weighted by atomic mass is 9.80. The third-order valence-electron chi connectivity index (χ3n) is 3.47. The van der Waals surface area contributed by atoms with Gasteiger partial charge in [0.1, 0.15) is 11.6 Å². The van der Waals surface area contributed by atoms with Crippen LogP contribution in [0.4, 0.5) is 4.39 Å². The number of methoxy groups -OCH3 is 1. The fraction of sp³-hybridized carbons (Fsp3) is 0.462. The van der Waals surface area contributed by atoms with Gasteiger partial charge in [0.15, 0.2) is 0 Å². The predicted octanol–water partition coefficient (Wildman–Crippen LogP) is 1.44. The Bertz CT molecular complexity index is 456. The normalized spacial score (nSPS) is 23.0. The maximum Gasteiger partial charge on any atom is 0.311 e. The molecule has 0 radical (unpaired) electrons. The standard InChI is InChI=1S/C13H16FNO3/c1-18-11-3-2-10(14)6-9(11)7-13(12(16)17)4-5-15-8-13/h2-3,6,15H,4-5,7-8H2,1H3,(H,16,17). The first-order valence-corrected chi connectivity index (χ1v) is 5.84. The van der Waals surface area contributed by atoms with Crippen molar-refractivity contribution in [2.45, 2.75) is 12.8 Å². The second kappa shape index (κ2) is 4.94. The molecular weight excluding hydrogens is 237 g/mol. The van der Waals surface area contributed by atoms with Crippen LogP contribution in [-0.2, 0) is 11.2 Å². The van der Waals surface area contributed by atoms with Crippen LogP contribution in [0.3, 0.4) is 0 Å². The van der Waals surface area contributed by atoms with E-state index in [-0.39, 0.29) is 12.2 Å². The molecule has 2 N–H and O–H groups in total. The lowest BCUT2D eigenvalue weighted by Crippen LogP contribution is -2.35. The summed E-state index contributed by atoms with van der Waals surface area (Å²) in [5.74, 6) is -0.694. The van der Waals surface area contributed by atoms with Crippen LogP contribution in [0.5, 0.6) is 5.75 Å². The Morgan fingerprint density at radius 3 is 2.94 bits per heavy atom. The van der Waals surface area contributed by atoms with E-state index in [2.05, 4.69) is 5.32 Å². The van der Waals surface area contributed by atoms with Gasteiger partial charge in [0.2, 0.25) is 0 Å². The van der Waals surface area contributed by atoms with E-state index < -0.39 is 11.4 Å². The minimum atomic E-state index is -0.860. The Labute approximate surface area is 105 Å². The molecule has 1 aromatic carbocycles. The average Bonchev–Trinajstić information content (AvgIpc) is 2.79. The number of aliphatic carboxylic acids is 1. The van der Waals surface area contributed by atoms with Crippen molar-refractivity contribution in [2.24, 2.45) is 5.41 Å². The molecule has 0 amide bonds. The molecule has 1 unspecified atom stereocenters. The van der Waals surface area contributed by atoms with Crippen molar-refractivity contribution in [1.29, 1.82) is 0 Å². The van der Waals surface area contributed by atoms with Crippen molar-refractivity contribution in [1.82, 2.24) is 5.32 Å². The summed E-state index contributed by atoms with van der Waals surface area (Å²) in [5.41, 5.74) is -0.259. The average molecular weight is 253 g/mol. The van der Waals surface area contributed by atoms with Gasteiger partial charge >= 0.3 is 5.97 Å². The summed E-state index contributed by atoms with van der Waals surface area (Å²) in [4.78, 5) is 11.4. The molecule has 4 nitrogen and oxygen atoms in total. The third kappa shape index (κ3) is 2.31. The first kappa shape index (κ1) is 12.8. The molecular formula is C13H16FNO3. The fourth-order valence-corrected chi connectivity index (χ4v) is 2.40. The molecule has 1 aliphatic rings. The van der Waals surface area contributed by atoms with Crippen LogP contribution in [0, 0.1) is 11.2 Å². The molecule has 0 spiro atoms. The van der Waals surface area contributed by atoms with E-state index in [4.69, 9.17) is 4.74 Å². The van der Waals surface area contributed by atoms with Crippen LogP contribution in [0.1, 0.15) is 12.0 Å². The Morgan fingerprint density at radius 1 is 1.61 bits per heavy atom. The van der Waals surface area contributed by atoms with Gasteiger partial charge in [-0.25, -0.2) is 4.39 Å². The lowest BCUT2D eigenvalue weighted by molar-refractivity contribution is -0.147. The maximum absolute atomic E-state index is 13.3. The van der Waals surface area contributed by atoms with E-state index in [1.165, 1.54) is 25.3 Å². The number of carboxylic acid groups (broad SMARTS) is 1. The first-order valence-electron chi connectivity index (χ1n) is 5.84. The van der Waals surface area contributed by atoms with Crippen LogP contribution < -0.4 is 10.1 Å². The van der Waals surface area contributed by atoms with Gasteiger partial charge in [-0.15, -0.1) is 0 Å². The molecule has 1 aromatic rings. The molecule has 1 saturated heterocycles. The number of hydrogen-bond donors (Lipinski definition) is 2. The van der Waals surface area contributed by atoms with Crippen molar-refractivity contribution in [2.75, 3.05) is 20.2 Å². The van der Waals surface area contributed by atoms with E-state index in [0.717, 1.165) is 0 Å². The van der Waals surface area contributed by atoms with Crippen molar-refractivity contribution < 1.29 is 19.0 Å². The fourth-order valence-electron chi connectivity index (χ4n) is 2.40. The van der Waals surface area contributed by atoms with Gasteiger partial charge in [-0.3, -0.25) is 4.79 Å². The van der Waals surface area contributed by atoms with Crippen molar-refractivity contribution in [3.63, 3.8) is 0 Å². The number of carbonyl (C=O) groups is 1. The zero-order chi connectivity index (χ0) is 13.2. The highest BCUT2D eigenvalue weighted by Crippen LogP contribution is 2.34. The van der Waals surface area contributed by atoms with Crippen molar-refractivity contribution in [3.05, 3.63) is 29.6 Å². The number of hydrogen-bond acceptors (Lipinski definition) is 3. The molecule has 98 valence electrons. The SMILES string of the molecule is COc1ccc(F)cc1CC1(C(=O)O)CCNC1. The quantitative estimate of drug-likeness (QED) is 0.852. The molecule has 0 aromatic heterocycles. The summed E-state index contributed by atoms with van der Waals surface area (Å²) in [7, 11) is 1.50. The van der Waals surface area contributed by atoms with Gasteiger partial charge in [-0.1, -0.05) is 0 Å². The number of benzene rings is 1. The maximum atomic E-state index is 13.3.